The Labute approximate surface area is 95.3 Å². The van der Waals surface area contributed by atoms with Gasteiger partial charge in [0.15, 0.2) is 0 Å². The van der Waals surface area contributed by atoms with Crippen LogP contribution in [0.5, 0.6) is 11.5 Å². The molecule has 0 radical (unpaired) electrons. The number of hydrogen-bond donors (Lipinski definition) is 1. The molecular weight excluding hydrogens is 206 g/mol. The summed E-state index contributed by atoms with van der Waals surface area (Å²) in [6, 6.07) is 5.58. The molecule has 4 heteroatoms. The monoisotopic (exact) mass is 223 g/mol. The van der Waals surface area contributed by atoms with Crippen LogP contribution in [0.3, 0.4) is 0 Å². The highest BCUT2D eigenvalue weighted by atomic mass is 16.5. The van der Waals surface area contributed by atoms with E-state index >= 15 is 0 Å². The van der Waals surface area contributed by atoms with Crippen LogP contribution in [0, 0.1) is 0 Å². The van der Waals surface area contributed by atoms with Crippen molar-refractivity contribution < 1.29 is 14.2 Å². The molecule has 1 aromatic carbocycles. The molecule has 1 saturated heterocycles. The Bertz CT molecular complexity index is 348. The minimum atomic E-state index is 0.110. The Balaban J connectivity index is 2.10. The lowest BCUT2D eigenvalue weighted by Crippen LogP contribution is -2.16. The minimum absolute atomic E-state index is 0.110. The van der Waals surface area contributed by atoms with Crippen molar-refractivity contribution in [3.8, 4) is 11.5 Å². The van der Waals surface area contributed by atoms with Crippen molar-refractivity contribution in [2.24, 2.45) is 0 Å². The summed E-state index contributed by atoms with van der Waals surface area (Å²) in [7, 11) is 0. The van der Waals surface area contributed by atoms with Crippen molar-refractivity contribution in [1.82, 2.24) is 0 Å². The quantitative estimate of drug-likeness (QED) is 0.791. The highest BCUT2D eigenvalue weighted by Gasteiger charge is 2.19. The molecule has 1 heterocycles. The Hall–Kier alpha value is -1.42. The van der Waals surface area contributed by atoms with Crippen LogP contribution in [0.4, 0.5) is 5.69 Å². The Morgan fingerprint density at radius 1 is 1.44 bits per heavy atom. The highest BCUT2D eigenvalue weighted by Crippen LogP contribution is 2.32. The third-order valence-electron chi connectivity index (χ3n) is 2.51. The molecule has 2 rings (SSSR count). The smallest absolute Gasteiger partial charge is 0.146 e. The van der Waals surface area contributed by atoms with Crippen LogP contribution in [0.15, 0.2) is 18.2 Å². The third kappa shape index (κ3) is 2.39. The van der Waals surface area contributed by atoms with E-state index in [2.05, 4.69) is 0 Å². The van der Waals surface area contributed by atoms with E-state index < -0.39 is 0 Å². The molecule has 0 aromatic heterocycles. The van der Waals surface area contributed by atoms with Gasteiger partial charge in [-0.25, -0.2) is 0 Å². The van der Waals surface area contributed by atoms with Crippen molar-refractivity contribution in [3.63, 3.8) is 0 Å². The van der Waals surface area contributed by atoms with Crippen molar-refractivity contribution in [3.05, 3.63) is 18.2 Å². The second-order valence-electron chi connectivity index (χ2n) is 3.70. The standard InChI is InChI=1S/C12H17NO3/c1-2-15-10-4-3-5-11(12(10)13)16-9-6-7-14-8-9/h3-5,9H,2,6-8,13H2,1H3. The van der Waals surface area contributed by atoms with Gasteiger partial charge in [0.1, 0.15) is 23.3 Å². The van der Waals surface area contributed by atoms with Crippen molar-refractivity contribution in [2.75, 3.05) is 25.6 Å². The molecule has 88 valence electrons. The maximum absolute atomic E-state index is 5.96. The molecule has 0 saturated carbocycles. The lowest BCUT2D eigenvalue weighted by Gasteiger charge is -2.15. The van der Waals surface area contributed by atoms with E-state index in [4.69, 9.17) is 19.9 Å². The van der Waals surface area contributed by atoms with Gasteiger partial charge < -0.3 is 19.9 Å². The zero-order valence-corrected chi connectivity index (χ0v) is 9.44. The number of rotatable bonds is 4. The Kier molecular flexibility index (Phi) is 3.51. The fourth-order valence-electron chi connectivity index (χ4n) is 1.69. The molecule has 0 amide bonds. The number of nitrogens with two attached hydrogens (primary N) is 1. The van der Waals surface area contributed by atoms with Crippen molar-refractivity contribution in [2.45, 2.75) is 19.4 Å². The van der Waals surface area contributed by atoms with Crippen LogP contribution in [0.2, 0.25) is 0 Å². The summed E-state index contributed by atoms with van der Waals surface area (Å²) in [4.78, 5) is 0. The normalized spacial score (nSPS) is 19.7. The minimum Gasteiger partial charge on any atom is -0.492 e. The van der Waals surface area contributed by atoms with E-state index in [1.54, 1.807) is 0 Å². The third-order valence-corrected chi connectivity index (χ3v) is 2.51. The molecule has 1 atom stereocenters. The van der Waals surface area contributed by atoms with Gasteiger partial charge in [-0.1, -0.05) is 6.07 Å². The zero-order chi connectivity index (χ0) is 11.4. The molecule has 1 aliphatic rings. The van der Waals surface area contributed by atoms with E-state index in [0.717, 1.165) is 13.0 Å². The summed E-state index contributed by atoms with van der Waals surface area (Å²) in [5.41, 5.74) is 6.52. The Morgan fingerprint density at radius 3 is 2.94 bits per heavy atom. The van der Waals surface area contributed by atoms with E-state index in [1.807, 2.05) is 25.1 Å². The van der Waals surface area contributed by atoms with E-state index in [0.29, 0.717) is 30.4 Å². The average molecular weight is 223 g/mol. The highest BCUT2D eigenvalue weighted by molar-refractivity contribution is 5.62. The van der Waals surface area contributed by atoms with Crippen molar-refractivity contribution in [1.29, 1.82) is 0 Å². The summed E-state index contributed by atoms with van der Waals surface area (Å²) >= 11 is 0. The first-order chi connectivity index (χ1) is 7.81. The van der Waals surface area contributed by atoms with Crippen LogP contribution in [-0.4, -0.2) is 25.9 Å². The molecule has 4 nitrogen and oxygen atoms in total. The number of benzene rings is 1. The van der Waals surface area contributed by atoms with Gasteiger partial charge in [0, 0.05) is 6.42 Å². The van der Waals surface area contributed by atoms with Crippen molar-refractivity contribution >= 4 is 5.69 Å². The second-order valence-corrected chi connectivity index (χ2v) is 3.70. The van der Waals surface area contributed by atoms with Crippen LogP contribution in [0.25, 0.3) is 0 Å². The number of ether oxygens (including phenoxy) is 3. The summed E-state index contributed by atoms with van der Waals surface area (Å²) in [6.07, 6.45) is 1.03. The molecule has 0 bridgehead atoms. The number of nitrogen functional groups attached to an aromatic ring is 1. The fourth-order valence-corrected chi connectivity index (χ4v) is 1.69. The number of hydrogen-bond acceptors (Lipinski definition) is 4. The molecule has 1 aliphatic heterocycles. The zero-order valence-electron chi connectivity index (χ0n) is 9.44. The molecule has 1 fully saturated rings. The largest absolute Gasteiger partial charge is 0.492 e. The van der Waals surface area contributed by atoms with Gasteiger partial charge in [0.2, 0.25) is 0 Å². The van der Waals surface area contributed by atoms with Crippen LogP contribution in [0.1, 0.15) is 13.3 Å². The van der Waals surface area contributed by atoms with E-state index in [9.17, 15) is 0 Å². The SMILES string of the molecule is CCOc1cccc(OC2CCOC2)c1N. The summed E-state index contributed by atoms with van der Waals surface area (Å²) in [6.45, 7) is 3.92. The fraction of sp³-hybridized carbons (Fsp3) is 0.500. The maximum Gasteiger partial charge on any atom is 0.146 e. The lowest BCUT2D eigenvalue weighted by molar-refractivity contribution is 0.141. The predicted molar refractivity (Wildman–Crippen MR) is 61.9 cm³/mol. The number of para-hydroxylation sites is 1. The van der Waals surface area contributed by atoms with Gasteiger partial charge in [-0.3, -0.25) is 0 Å². The topological polar surface area (TPSA) is 53.7 Å². The van der Waals surface area contributed by atoms with Crippen LogP contribution in [-0.2, 0) is 4.74 Å². The molecule has 1 aromatic rings. The van der Waals surface area contributed by atoms with E-state index in [1.165, 1.54) is 0 Å². The number of anilines is 1. The van der Waals surface area contributed by atoms with Gasteiger partial charge in [-0.2, -0.15) is 0 Å². The molecule has 16 heavy (non-hydrogen) atoms. The van der Waals surface area contributed by atoms with Crippen LogP contribution >= 0.6 is 0 Å². The first-order valence-electron chi connectivity index (χ1n) is 5.57. The average Bonchev–Trinajstić information content (AvgIpc) is 2.77. The first kappa shape index (κ1) is 11.1. The summed E-state index contributed by atoms with van der Waals surface area (Å²) in [5, 5.41) is 0. The second kappa shape index (κ2) is 5.07. The molecule has 2 N–H and O–H groups in total. The first-order valence-corrected chi connectivity index (χ1v) is 5.57. The van der Waals surface area contributed by atoms with Gasteiger partial charge in [0.05, 0.1) is 19.8 Å². The molecule has 1 unspecified atom stereocenters. The van der Waals surface area contributed by atoms with E-state index in [-0.39, 0.29) is 6.10 Å². The molecule has 0 spiro atoms. The van der Waals surface area contributed by atoms with Gasteiger partial charge >= 0.3 is 0 Å². The lowest BCUT2D eigenvalue weighted by atomic mass is 10.2. The molecular formula is C12H17NO3. The van der Waals surface area contributed by atoms with Gasteiger partial charge in [0.25, 0.3) is 0 Å². The summed E-state index contributed by atoms with van der Waals surface area (Å²) in [5.74, 6) is 1.36. The van der Waals surface area contributed by atoms with Gasteiger partial charge in [-0.05, 0) is 19.1 Å². The van der Waals surface area contributed by atoms with Crippen LogP contribution < -0.4 is 15.2 Å². The van der Waals surface area contributed by atoms with Gasteiger partial charge in [-0.15, -0.1) is 0 Å². The maximum atomic E-state index is 5.96. The Morgan fingerprint density at radius 2 is 2.25 bits per heavy atom. The molecule has 0 aliphatic carbocycles. The summed E-state index contributed by atoms with van der Waals surface area (Å²) < 4.78 is 16.4. The predicted octanol–water partition coefficient (Wildman–Crippen LogP) is 1.84.